The topological polar surface area (TPSA) is 126 Å². The van der Waals surface area contributed by atoms with E-state index in [1.54, 1.807) is 0 Å². The molecule has 0 aromatic heterocycles. The van der Waals surface area contributed by atoms with Gasteiger partial charge in [0.05, 0.1) is 0 Å². The Balaban J connectivity index is 0.00000144. The number of phenolic OH excluding ortho intramolecular Hbond substituents is 2. The molecule has 0 aliphatic rings. The zero-order valence-electron chi connectivity index (χ0n) is 6.30. The van der Waals surface area contributed by atoms with Gasteiger partial charge >= 0.3 is 0 Å². The van der Waals surface area contributed by atoms with Crippen LogP contribution < -0.4 is 0 Å². The lowest BCUT2D eigenvalue weighted by atomic mass is 10.3. The second-order valence-electron chi connectivity index (χ2n) is 2.10. The summed E-state index contributed by atoms with van der Waals surface area (Å²) in [4.78, 5) is -0.706. The van der Waals surface area contributed by atoms with Gasteiger partial charge in [-0.2, -0.15) is 8.42 Å². The van der Waals surface area contributed by atoms with E-state index in [0.29, 0.717) is 0 Å². The van der Waals surface area contributed by atoms with E-state index in [9.17, 15) is 8.42 Å². The highest BCUT2D eigenvalue weighted by atomic mass is 32.2. The van der Waals surface area contributed by atoms with Gasteiger partial charge in [-0.05, 0) is 12.1 Å². The van der Waals surface area contributed by atoms with E-state index in [1.165, 1.54) is 6.07 Å². The summed E-state index contributed by atoms with van der Waals surface area (Å²) in [6.45, 7) is 0. The van der Waals surface area contributed by atoms with Crippen molar-refractivity contribution in [3.05, 3.63) is 18.2 Å². The standard InChI is InChI=1S/C6H6O5S.H2O/c7-4-2-1-3-5(6(4)8)12(9,10)11;/h1-3,7-8H,(H,9,10,11);1H2. The third kappa shape index (κ3) is 2.31. The summed E-state index contributed by atoms with van der Waals surface area (Å²) in [5, 5.41) is 17.8. The number of benzene rings is 1. The van der Waals surface area contributed by atoms with Gasteiger partial charge in [-0.1, -0.05) is 6.07 Å². The molecule has 0 fully saturated rings. The van der Waals surface area contributed by atoms with E-state index in [-0.39, 0.29) is 5.48 Å². The van der Waals surface area contributed by atoms with E-state index >= 15 is 0 Å². The summed E-state index contributed by atoms with van der Waals surface area (Å²) >= 11 is 0. The summed E-state index contributed by atoms with van der Waals surface area (Å²) < 4.78 is 29.5. The van der Waals surface area contributed by atoms with Crippen LogP contribution in [0.25, 0.3) is 0 Å². The number of hydrogen-bond donors (Lipinski definition) is 3. The fourth-order valence-electron chi connectivity index (χ4n) is 0.719. The first-order valence-corrected chi connectivity index (χ1v) is 4.35. The Hall–Kier alpha value is -1.31. The van der Waals surface area contributed by atoms with Gasteiger partial charge in [0, 0.05) is 0 Å². The monoisotopic (exact) mass is 208 g/mol. The molecule has 0 saturated carbocycles. The molecule has 0 aliphatic carbocycles. The van der Waals surface area contributed by atoms with Crippen LogP contribution in [0, 0.1) is 0 Å². The summed E-state index contributed by atoms with van der Waals surface area (Å²) in [6, 6.07) is 3.27. The second-order valence-corrected chi connectivity index (χ2v) is 3.49. The molecule has 0 heterocycles. The van der Waals surface area contributed by atoms with Crippen LogP contribution in [0.2, 0.25) is 0 Å². The van der Waals surface area contributed by atoms with E-state index in [0.717, 1.165) is 12.1 Å². The lowest BCUT2D eigenvalue weighted by Gasteiger charge is -2.01. The summed E-state index contributed by atoms with van der Waals surface area (Å²) in [5.41, 5.74) is 0. The van der Waals surface area contributed by atoms with Crippen molar-refractivity contribution < 1.29 is 28.7 Å². The quantitative estimate of drug-likeness (QED) is 0.424. The van der Waals surface area contributed by atoms with Gasteiger partial charge in [-0.15, -0.1) is 0 Å². The fraction of sp³-hybridized carbons (Fsp3) is 0. The third-order valence-electron chi connectivity index (χ3n) is 1.26. The highest BCUT2D eigenvalue weighted by molar-refractivity contribution is 7.86. The second kappa shape index (κ2) is 3.60. The van der Waals surface area contributed by atoms with Crippen molar-refractivity contribution in [2.24, 2.45) is 0 Å². The van der Waals surface area contributed by atoms with Crippen LogP contribution >= 0.6 is 0 Å². The predicted octanol–water partition coefficient (Wildman–Crippen LogP) is -0.480. The van der Waals surface area contributed by atoms with E-state index in [1.807, 2.05) is 0 Å². The maximum absolute atomic E-state index is 10.5. The molecule has 6 nitrogen and oxygen atoms in total. The fourth-order valence-corrected chi connectivity index (χ4v) is 1.32. The Bertz CT molecular complexity index is 396. The van der Waals surface area contributed by atoms with Crippen LogP contribution in [-0.2, 0) is 10.1 Å². The minimum atomic E-state index is -4.47. The molecule has 74 valence electrons. The van der Waals surface area contributed by atoms with E-state index in [2.05, 4.69) is 0 Å². The zero-order chi connectivity index (χ0) is 9.35. The Kier molecular flexibility index (Phi) is 3.24. The van der Waals surface area contributed by atoms with E-state index in [4.69, 9.17) is 14.8 Å². The minimum Gasteiger partial charge on any atom is -0.504 e. The van der Waals surface area contributed by atoms with Crippen molar-refractivity contribution >= 4 is 10.1 Å². The average molecular weight is 208 g/mol. The van der Waals surface area contributed by atoms with Crippen LogP contribution in [0.5, 0.6) is 11.5 Å². The molecule has 0 bridgehead atoms. The molecule has 0 aliphatic heterocycles. The molecule has 0 radical (unpaired) electrons. The molecule has 0 atom stereocenters. The van der Waals surface area contributed by atoms with Crippen molar-refractivity contribution in [3.8, 4) is 11.5 Å². The summed E-state index contributed by atoms with van der Waals surface area (Å²) in [6.07, 6.45) is 0. The number of hydrogen-bond acceptors (Lipinski definition) is 4. The summed E-state index contributed by atoms with van der Waals surface area (Å²) in [5.74, 6) is -1.44. The van der Waals surface area contributed by atoms with Crippen molar-refractivity contribution in [2.45, 2.75) is 4.90 Å². The van der Waals surface area contributed by atoms with E-state index < -0.39 is 26.5 Å². The Morgan fingerprint density at radius 1 is 1.15 bits per heavy atom. The molecule has 1 aromatic carbocycles. The predicted molar refractivity (Wildman–Crippen MR) is 43.2 cm³/mol. The van der Waals surface area contributed by atoms with Gasteiger partial charge in [0.1, 0.15) is 4.90 Å². The first-order valence-electron chi connectivity index (χ1n) is 2.91. The normalized spacial score (nSPS) is 10.5. The average Bonchev–Trinajstić information content (AvgIpc) is 1.92. The Labute approximate surface area is 74.1 Å². The van der Waals surface area contributed by atoms with Crippen LogP contribution in [-0.4, -0.2) is 28.7 Å². The zero-order valence-corrected chi connectivity index (χ0v) is 7.11. The molecular formula is C6H8O6S. The molecule has 0 saturated heterocycles. The van der Waals surface area contributed by atoms with Gasteiger partial charge in [0.15, 0.2) is 11.5 Å². The largest absolute Gasteiger partial charge is 0.504 e. The van der Waals surface area contributed by atoms with Crippen molar-refractivity contribution in [1.82, 2.24) is 0 Å². The molecule has 5 N–H and O–H groups in total. The smallest absolute Gasteiger partial charge is 0.298 e. The lowest BCUT2D eigenvalue weighted by molar-refractivity contribution is 0.389. The molecular weight excluding hydrogens is 200 g/mol. The molecule has 0 spiro atoms. The highest BCUT2D eigenvalue weighted by Gasteiger charge is 2.16. The first kappa shape index (κ1) is 11.7. The van der Waals surface area contributed by atoms with Gasteiger partial charge in [-0.25, -0.2) is 0 Å². The van der Waals surface area contributed by atoms with Crippen LogP contribution in [0.1, 0.15) is 0 Å². The van der Waals surface area contributed by atoms with Crippen molar-refractivity contribution in [2.75, 3.05) is 0 Å². The van der Waals surface area contributed by atoms with Crippen molar-refractivity contribution in [3.63, 3.8) is 0 Å². The number of para-hydroxylation sites is 1. The maximum Gasteiger partial charge on any atom is 0.298 e. The molecule has 0 unspecified atom stereocenters. The Morgan fingerprint density at radius 3 is 2.08 bits per heavy atom. The van der Waals surface area contributed by atoms with Crippen LogP contribution in [0.15, 0.2) is 23.1 Å². The molecule has 13 heavy (non-hydrogen) atoms. The van der Waals surface area contributed by atoms with Gasteiger partial charge in [-0.3, -0.25) is 4.55 Å². The molecule has 0 amide bonds. The molecule has 7 heteroatoms. The van der Waals surface area contributed by atoms with Gasteiger partial charge < -0.3 is 15.7 Å². The van der Waals surface area contributed by atoms with Crippen molar-refractivity contribution in [1.29, 1.82) is 0 Å². The van der Waals surface area contributed by atoms with Crippen LogP contribution in [0.4, 0.5) is 0 Å². The number of aromatic hydroxyl groups is 2. The number of phenols is 2. The van der Waals surface area contributed by atoms with Gasteiger partial charge in [0.25, 0.3) is 10.1 Å². The maximum atomic E-state index is 10.5. The highest BCUT2D eigenvalue weighted by Crippen LogP contribution is 2.31. The van der Waals surface area contributed by atoms with Gasteiger partial charge in [0.2, 0.25) is 0 Å². The lowest BCUT2D eigenvalue weighted by Crippen LogP contribution is -1.97. The first-order chi connectivity index (χ1) is 5.43. The van der Waals surface area contributed by atoms with Crippen LogP contribution in [0.3, 0.4) is 0 Å². The summed E-state index contributed by atoms with van der Waals surface area (Å²) in [7, 11) is -4.47. The Morgan fingerprint density at radius 2 is 1.69 bits per heavy atom. The molecule has 1 rings (SSSR count). The SMILES string of the molecule is O.O=S(=O)(O)c1cccc(O)c1O. The minimum absolute atomic E-state index is 0. The number of rotatable bonds is 1. The molecule has 1 aromatic rings. The third-order valence-corrected chi connectivity index (χ3v) is 2.14.